The van der Waals surface area contributed by atoms with Gasteiger partial charge in [0, 0.05) is 5.56 Å². The maximum atomic E-state index is 10.4. The largest absolute Gasteiger partial charge is 0.494 e. The van der Waals surface area contributed by atoms with E-state index in [4.69, 9.17) is 19.6 Å². The van der Waals surface area contributed by atoms with Crippen LogP contribution in [0.4, 0.5) is 0 Å². The van der Waals surface area contributed by atoms with Crippen LogP contribution in [0, 0.1) is 56.2 Å². The van der Waals surface area contributed by atoms with Gasteiger partial charge >= 0.3 is 0 Å². The summed E-state index contributed by atoms with van der Waals surface area (Å²) >= 11 is 0. The first-order valence-corrected chi connectivity index (χ1v) is 11.9. The molecule has 0 aromatic heterocycles. The normalized spacial score (nSPS) is 28.3. The van der Waals surface area contributed by atoms with Crippen LogP contribution in [-0.4, -0.2) is 12.5 Å². The number of unbranched alkanes of at least 4 members (excludes halogenated alkanes) is 3. The predicted octanol–water partition coefficient (Wildman–Crippen LogP) is 5.76. The molecule has 0 radical (unpaired) electrons. The lowest BCUT2D eigenvalue weighted by atomic mass is 9.53. The van der Waals surface area contributed by atoms with Gasteiger partial charge in [0.25, 0.3) is 0 Å². The van der Waals surface area contributed by atoms with Crippen LogP contribution in [0.5, 0.6) is 5.75 Å². The number of hydrogen-bond donors (Lipinski definition) is 1. The zero-order chi connectivity index (χ0) is 25.1. The molecule has 2 bridgehead atoms. The van der Waals surface area contributed by atoms with E-state index in [9.17, 15) is 15.8 Å². The van der Waals surface area contributed by atoms with Gasteiger partial charge in [-0.2, -0.15) is 15.8 Å². The van der Waals surface area contributed by atoms with Gasteiger partial charge < -0.3 is 14.2 Å². The third kappa shape index (κ3) is 3.45. The summed E-state index contributed by atoms with van der Waals surface area (Å²) in [6.45, 7) is 4.47. The molecule has 35 heavy (non-hydrogen) atoms. The summed E-state index contributed by atoms with van der Waals surface area (Å²) in [6.07, 6.45) is 3.28. The molecule has 4 rings (SSSR count). The Morgan fingerprint density at radius 2 is 1.63 bits per heavy atom. The van der Waals surface area contributed by atoms with Crippen LogP contribution in [0.1, 0.15) is 56.8 Å². The number of rotatable bonds is 8. The zero-order valence-electron chi connectivity index (χ0n) is 20.0. The van der Waals surface area contributed by atoms with E-state index in [1.807, 2.05) is 18.2 Å². The molecule has 0 saturated carbocycles. The molecule has 2 aliphatic rings. The Bertz CT molecular complexity index is 1190. The molecule has 2 aliphatic heterocycles. The minimum Gasteiger partial charge on any atom is -0.494 e. The minimum absolute atomic E-state index is 0.422. The van der Waals surface area contributed by atoms with Crippen molar-refractivity contribution in [2.45, 2.75) is 51.4 Å². The van der Waals surface area contributed by atoms with Crippen LogP contribution < -0.4 is 4.74 Å². The third-order valence-corrected chi connectivity index (χ3v) is 7.29. The lowest BCUT2D eigenvalue weighted by Gasteiger charge is -2.48. The van der Waals surface area contributed by atoms with Gasteiger partial charge in [-0.3, -0.25) is 5.41 Å². The standard InChI is InChI=1S/C28H28N4O3/c1-3-4-5-9-16-33-23-14-12-21(13-15-23)24-26(17-29,18-30)27(19-31)20(2)28(34-24,35-25(27)32)22-10-7-6-8-11-22/h6-8,10-15,20,24,32H,3-5,9,16H2,1-2H3. The second-order valence-corrected chi connectivity index (χ2v) is 9.11. The van der Waals surface area contributed by atoms with Crippen molar-refractivity contribution in [3.63, 3.8) is 0 Å². The van der Waals surface area contributed by atoms with Crippen molar-refractivity contribution in [3.05, 3.63) is 65.7 Å². The first-order chi connectivity index (χ1) is 17.0. The molecule has 2 heterocycles. The lowest BCUT2D eigenvalue weighted by molar-refractivity contribution is -0.288. The average molecular weight is 469 g/mol. The van der Waals surface area contributed by atoms with Crippen molar-refractivity contribution in [2.24, 2.45) is 16.7 Å². The van der Waals surface area contributed by atoms with Crippen LogP contribution in [-0.2, 0) is 15.3 Å². The fourth-order valence-electron chi connectivity index (χ4n) is 5.30. The number of ether oxygens (including phenoxy) is 3. The van der Waals surface area contributed by atoms with Gasteiger partial charge in [-0.05, 0) is 24.1 Å². The maximum Gasteiger partial charge on any atom is 0.244 e. The van der Waals surface area contributed by atoms with Crippen LogP contribution in [0.25, 0.3) is 0 Å². The first-order valence-electron chi connectivity index (χ1n) is 11.9. The molecule has 2 aromatic rings. The van der Waals surface area contributed by atoms with E-state index < -0.39 is 34.5 Å². The maximum absolute atomic E-state index is 10.4. The molecule has 7 nitrogen and oxygen atoms in total. The molecule has 7 heteroatoms. The zero-order valence-corrected chi connectivity index (χ0v) is 20.0. The Hall–Kier alpha value is -3.86. The van der Waals surface area contributed by atoms with Crippen molar-refractivity contribution >= 4 is 5.90 Å². The average Bonchev–Trinajstić information content (AvgIpc) is 3.06. The number of nitriles is 3. The van der Waals surface area contributed by atoms with Gasteiger partial charge in [0.05, 0.1) is 30.7 Å². The SMILES string of the molecule is CCCCCCOc1ccc(C2OC3(c4ccccc4)OC(=N)C(C#N)(C3C)C2(C#N)C#N)cc1. The first kappa shape index (κ1) is 24.3. The van der Waals surface area contributed by atoms with E-state index in [0.717, 1.165) is 19.3 Å². The van der Waals surface area contributed by atoms with E-state index in [2.05, 4.69) is 25.1 Å². The Labute approximate surface area is 206 Å². The van der Waals surface area contributed by atoms with Gasteiger partial charge in [-0.1, -0.05) is 75.6 Å². The second-order valence-electron chi connectivity index (χ2n) is 9.11. The lowest BCUT2D eigenvalue weighted by Crippen LogP contribution is -2.57. The summed E-state index contributed by atoms with van der Waals surface area (Å²) < 4.78 is 18.3. The highest BCUT2D eigenvalue weighted by atomic mass is 16.7. The number of nitrogens with one attached hydrogen (secondary N) is 1. The number of benzene rings is 2. The summed E-state index contributed by atoms with van der Waals surface area (Å²) in [7, 11) is 0. The van der Waals surface area contributed by atoms with E-state index in [1.165, 1.54) is 6.42 Å². The summed E-state index contributed by atoms with van der Waals surface area (Å²) in [5.74, 6) is -2.01. The Morgan fingerprint density at radius 1 is 0.943 bits per heavy atom. The molecule has 178 valence electrons. The predicted molar refractivity (Wildman–Crippen MR) is 128 cm³/mol. The molecular weight excluding hydrogens is 440 g/mol. The van der Waals surface area contributed by atoms with Crippen LogP contribution in [0.3, 0.4) is 0 Å². The molecule has 1 N–H and O–H groups in total. The molecule has 0 amide bonds. The smallest absolute Gasteiger partial charge is 0.244 e. The van der Waals surface area contributed by atoms with Crippen LogP contribution >= 0.6 is 0 Å². The fourth-order valence-corrected chi connectivity index (χ4v) is 5.30. The minimum atomic E-state index is -1.99. The molecule has 2 saturated heterocycles. The third-order valence-electron chi connectivity index (χ3n) is 7.29. The summed E-state index contributed by atoms with van der Waals surface area (Å²) in [6, 6.07) is 22.4. The van der Waals surface area contributed by atoms with E-state index in [0.29, 0.717) is 23.5 Å². The van der Waals surface area contributed by atoms with Crippen molar-refractivity contribution in [3.8, 4) is 24.0 Å². The quantitative estimate of drug-likeness (QED) is 0.492. The van der Waals surface area contributed by atoms with Gasteiger partial charge in [-0.15, -0.1) is 0 Å². The van der Waals surface area contributed by atoms with Crippen molar-refractivity contribution in [1.29, 1.82) is 21.2 Å². The monoisotopic (exact) mass is 468 g/mol. The van der Waals surface area contributed by atoms with Crippen molar-refractivity contribution in [1.82, 2.24) is 0 Å². The van der Waals surface area contributed by atoms with Gasteiger partial charge in [0.1, 0.15) is 11.9 Å². The van der Waals surface area contributed by atoms with E-state index >= 15 is 0 Å². The van der Waals surface area contributed by atoms with Gasteiger partial charge in [-0.25, -0.2) is 0 Å². The number of fused-ring (bicyclic) bond motifs is 2. The highest BCUT2D eigenvalue weighted by Crippen LogP contribution is 2.68. The molecule has 0 aliphatic carbocycles. The van der Waals surface area contributed by atoms with Crippen LogP contribution in [0.15, 0.2) is 54.6 Å². The summed E-state index contributed by atoms with van der Waals surface area (Å²) in [4.78, 5) is 0. The summed E-state index contributed by atoms with van der Waals surface area (Å²) in [5, 5.41) is 39.7. The van der Waals surface area contributed by atoms with Gasteiger partial charge in [0.15, 0.2) is 5.41 Å². The van der Waals surface area contributed by atoms with E-state index in [1.54, 1.807) is 43.3 Å². The molecule has 4 unspecified atom stereocenters. The highest BCUT2D eigenvalue weighted by molar-refractivity contribution is 5.89. The number of hydrogen-bond acceptors (Lipinski definition) is 7. The summed E-state index contributed by atoms with van der Waals surface area (Å²) in [5.41, 5.74) is -2.65. The second kappa shape index (κ2) is 9.41. The Balaban J connectivity index is 1.75. The molecule has 2 aromatic carbocycles. The molecule has 2 fully saturated rings. The Morgan fingerprint density at radius 3 is 2.23 bits per heavy atom. The fraction of sp³-hybridized carbons (Fsp3) is 0.429. The Kier molecular flexibility index (Phi) is 6.53. The highest BCUT2D eigenvalue weighted by Gasteiger charge is 2.79. The van der Waals surface area contributed by atoms with Crippen molar-refractivity contribution in [2.75, 3.05) is 6.61 Å². The molecule has 0 spiro atoms. The molecule has 4 atom stereocenters. The van der Waals surface area contributed by atoms with E-state index in [-0.39, 0.29) is 0 Å². The van der Waals surface area contributed by atoms with Gasteiger partial charge in [0.2, 0.25) is 17.1 Å². The molecular formula is C28H28N4O3. The van der Waals surface area contributed by atoms with Crippen LogP contribution in [0.2, 0.25) is 0 Å². The van der Waals surface area contributed by atoms with Crippen molar-refractivity contribution < 1.29 is 14.2 Å². The topological polar surface area (TPSA) is 123 Å². The number of nitrogens with zero attached hydrogens (tertiary/aromatic N) is 3.